The van der Waals surface area contributed by atoms with Crippen molar-refractivity contribution in [3.8, 4) is 0 Å². The van der Waals surface area contributed by atoms with Crippen LogP contribution in [-0.2, 0) is 15.1 Å². The van der Waals surface area contributed by atoms with Crippen LogP contribution in [0.4, 0.5) is 0 Å². The minimum absolute atomic E-state index is 0.0205. The molecule has 2 N–H and O–H groups in total. The molecule has 1 heterocycles. The summed E-state index contributed by atoms with van der Waals surface area (Å²) in [6, 6.07) is 20.0. The minimum atomic E-state index is -0.874. The maximum atomic E-state index is 12.1. The van der Waals surface area contributed by atoms with Crippen molar-refractivity contribution < 1.29 is 14.6 Å². The van der Waals surface area contributed by atoms with Crippen LogP contribution in [-0.4, -0.2) is 30.3 Å². The highest BCUT2D eigenvalue weighted by Crippen LogP contribution is 2.40. The van der Waals surface area contributed by atoms with E-state index in [1.54, 1.807) is 0 Å². The molecule has 1 aliphatic heterocycles. The quantitative estimate of drug-likeness (QED) is 0.795. The highest BCUT2D eigenvalue weighted by Gasteiger charge is 2.41. The first kappa shape index (κ1) is 18.6. The first-order valence-corrected chi connectivity index (χ1v) is 9.40. The van der Waals surface area contributed by atoms with E-state index in [-0.39, 0.29) is 5.92 Å². The summed E-state index contributed by atoms with van der Waals surface area (Å²) in [5.41, 5.74) is 1.22. The van der Waals surface area contributed by atoms with Gasteiger partial charge in [-0.1, -0.05) is 67.6 Å². The van der Waals surface area contributed by atoms with E-state index in [2.05, 4.69) is 12.2 Å². The van der Waals surface area contributed by atoms with Crippen LogP contribution in [0.3, 0.4) is 0 Å². The van der Waals surface area contributed by atoms with Gasteiger partial charge in [0.15, 0.2) is 6.10 Å². The number of carboxylic acids is 1. The number of hydrogen-bond acceptors (Lipinski definition) is 3. The molecule has 0 bridgehead atoms. The van der Waals surface area contributed by atoms with Gasteiger partial charge in [0.2, 0.25) is 0 Å². The molecule has 1 aliphatic rings. The van der Waals surface area contributed by atoms with Gasteiger partial charge in [-0.2, -0.15) is 0 Å². The molecule has 0 aliphatic carbocycles. The molecule has 4 heteroatoms. The molecule has 0 amide bonds. The molecule has 2 aromatic rings. The van der Waals surface area contributed by atoms with Crippen molar-refractivity contribution in [2.75, 3.05) is 13.1 Å². The molecule has 2 aromatic carbocycles. The van der Waals surface area contributed by atoms with Crippen LogP contribution in [0.5, 0.6) is 0 Å². The number of piperidine rings is 1. The third kappa shape index (κ3) is 3.81. The van der Waals surface area contributed by atoms with Gasteiger partial charge >= 0.3 is 5.97 Å². The van der Waals surface area contributed by atoms with Crippen molar-refractivity contribution >= 4 is 5.97 Å². The van der Waals surface area contributed by atoms with Crippen LogP contribution in [0.2, 0.25) is 0 Å². The standard InChI is InChI=1S/C22H27NO3/c1-2-22(18-9-5-3-6-10-18,19-11-7-4-8-12-19)26-20(21(24)25)17-13-15-23-16-14-17/h3-12,17,20,23H,2,13-16H2,1H3,(H,24,25). The van der Waals surface area contributed by atoms with E-state index in [9.17, 15) is 9.90 Å². The number of aliphatic carboxylic acids is 1. The minimum Gasteiger partial charge on any atom is -0.479 e. The van der Waals surface area contributed by atoms with Crippen LogP contribution >= 0.6 is 0 Å². The Kier molecular flexibility index (Phi) is 6.07. The van der Waals surface area contributed by atoms with Gasteiger partial charge < -0.3 is 15.2 Å². The van der Waals surface area contributed by atoms with Crippen molar-refractivity contribution in [2.45, 2.75) is 37.9 Å². The van der Waals surface area contributed by atoms with Gasteiger partial charge in [-0.15, -0.1) is 0 Å². The summed E-state index contributed by atoms with van der Waals surface area (Å²) in [7, 11) is 0. The second-order valence-electron chi connectivity index (χ2n) is 6.88. The molecule has 0 aromatic heterocycles. The Morgan fingerprint density at radius 2 is 1.58 bits per heavy atom. The van der Waals surface area contributed by atoms with Crippen molar-refractivity contribution in [1.82, 2.24) is 5.32 Å². The predicted molar refractivity (Wildman–Crippen MR) is 102 cm³/mol. The summed E-state index contributed by atoms with van der Waals surface area (Å²) in [4.78, 5) is 12.1. The lowest BCUT2D eigenvalue weighted by Gasteiger charge is -2.39. The number of carbonyl (C=O) groups is 1. The van der Waals surface area contributed by atoms with Gasteiger partial charge in [0.05, 0.1) is 0 Å². The average Bonchev–Trinajstić information content (AvgIpc) is 2.71. The molecular formula is C22H27NO3. The molecule has 3 rings (SSSR count). The summed E-state index contributed by atoms with van der Waals surface area (Å²) in [6.07, 6.45) is 1.48. The Labute approximate surface area is 155 Å². The Morgan fingerprint density at radius 1 is 1.08 bits per heavy atom. The van der Waals surface area contributed by atoms with Crippen LogP contribution < -0.4 is 5.32 Å². The summed E-state index contributed by atoms with van der Waals surface area (Å²) >= 11 is 0. The second-order valence-corrected chi connectivity index (χ2v) is 6.88. The van der Waals surface area contributed by atoms with Crippen molar-refractivity contribution in [2.24, 2.45) is 5.92 Å². The lowest BCUT2D eigenvalue weighted by molar-refractivity contribution is -0.170. The number of rotatable bonds is 7. The van der Waals surface area contributed by atoms with E-state index in [0.717, 1.165) is 37.1 Å². The van der Waals surface area contributed by atoms with E-state index in [4.69, 9.17) is 4.74 Å². The number of benzene rings is 2. The highest BCUT2D eigenvalue weighted by atomic mass is 16.5. The number of hydrogen-bond donors (Lipinski definition) is 2. The molecule has 0 radical (unpaired) electrons. The molecule has 1 atom stereocenters. The Bertz CT molecular complexity index is 656. The maximum Gasteiger partial charge on any atom is 0.333 e. The predicted octanol–water partition coefficient (Wildman–Crippen LogP) is 3.81. The fourth-order valence-corrected chi connectivity index (χ4v) is 3.92. The van der Waals surface area contributed by atoms with Crippen LogP contribution in [0.15, 0.2) is 60.7 Å². The molecule has 26 heavy (non-hydrogen) atoms. The summed E-state index contributed by atoms with van der Waals surface area (Å²) in [5.74, 6) is -0.853. The third-order valence-corrected chi connectivity index (χ3v) is 5.36. The Morgan fingerprint density at radius 3 is 2.00 bits per heavy atom. The lowest BCUT2D eigenvalue weighted by Crippen LogP contribution is -2.45. The second kappa shape index (κ2) is 8.47. The van der Waals surface area contributed by atoms with E-state index in [0.29, 0.717) is 6.42 Å². The van der Waals surface area contributed by atoms with E-state index >= 15 is 0 Å². The zero-order valence-electron chi connectivity index (χ0n) is 15.2. The van der Waals surface area contributed by atoms with Gasteiger partial charge in [0, 0.05) is 0 Å². The van der Waals surface area contributed by atoms with Gasteiger partial charge in [-0.05, 0) is 49.4 Å². The van der Waals surface area contributed by atoms with E-state index in [1.165, 1.54) is 0 Å². The Hall–Kier alpha value is -2.17. The summed E-state index contributed by atoms with van der Waals surface area (Å²) < 4.78 is 6.53. The van der Waals surface area contributed by atoms with Crippen molar-refractivity contribution in [3.63, 3.8) is 0 Å². The Balaban J connectivity index is 2.03. The fraction of sp³-hybridized carbons (Fsp3) is 0.409. The van der Waals surface area contributed by atoms with Gasteiger partial charge in [-0.3, -0.25) is 0 Å². The zero-order chi connectivity index (χ0) is 18.4. The van der Waals surface area contributed by atoms with Crippen LogP contribution in [0, 0.1) is 5.92 Å². The van der Waals surface area contributed by atoms with Gasteiger partial charge in [0.25, 0.3) is 0 Å². The van der Waals surface area contributed by atoms with E-state index < -0.39 is 17.7 Å². The fourth-order valence-electron chi connectivity index (χ4n) is 3.92. The topological polar surface area (TPSA) is 58.6 Å². The third-order valence-electron chi connectivity index (χ3n) is 5.36. The maximum absolute atomic E-state index is 12.1. The molecule has 4 nitrogen and oxygen atoms in total. The molecule has 1 saturated heterocycles. The summed E-state index contributed by atoms with van der Waals surface area (Å²) in [6.45, 7) is 3.74. The number of nitrogens with one attached hydrogen (secondary N) is 1. The van der Waals surface area contributed by atoms with E-state index in [1.807, 2.05) is 60.7 Å². The first-order chi connectivity index (χ1) is 12.7. The summed E-state index contributed by atoms with van der Waals surface area (Å²) in [5, 5.41) is 13.2. The SMILES string of the molecule is CCC(OC(C(=O)O)C1CCNCC1)(c1ccccc1)c1ccccc1. The normalized spacial score (nSPS) is 17.0. The van der Waals surface area contributed by atoms with Gasteiger partial charge in [-0.25, -0.2) is 4.79 Å². The van der Waals surface area contributed by atoms with Crippen LogP contribution in [0.25, 0.3) is 0 Å². The highest BCUT2D eigenvalue weighted by molar-refractivity contribution is 5.73. The monoisotopic (exact) mass is 353 g/mol. The average molecular weight is 353 g/mol. The molecule has 1 unspecified atom stereocenters. The smallest absolute Gasteiger partial charge is 0.333 e. The van der Waals surface area contributed by atoms with Crippen molar-refractivity contribution in [3.05, 3.63) is 71.8 Å². The van der Waals surface area contributed by atoms with Crippen molar-refractivity contribution in [1.29, 1.82) is 0 Å². The molecule has 0 spiro atoms. The molecule has 1 fully saturated rings. The lowest BCUT2D eigenvalue weighted by atomic mass is 9.82. The zero-order valence-corrected chi connectivity index (χ0v) is 15.2. The van der Waals surface area contributed by atoms with Crippen LogP contribution in [0.1, 0.15) is 37.3 Å². The number of ether oxygens (including phenoxy) is 1. The number of carboxylic acid groups (broad SMARTS) is 1. The van der Waals surface area contributed by atoms with Gasteiger partial charge in [0.1, 0.15) is 5.60 Å². The first-order valence-electron chi connectivity index (χ1n) is 9.40. The molecule has 0 saturated carbocycles. The molecular weight excluding hydrogens is 326 g/mol. The largest absolute Gasteiger partial charge is 0.479 e. The molecule has 138 valence electrons.